The smallest absolute Gasteiger partial charge is 0.335 e. The Morgan fingerprint density at radius 2 is 2.00 bits per heavy atom. The maximum atomic E-state index is 12.5. The fourth-order valence-corrected chi connectivity index (χ4v) is 3.30. The first-order valence-corrected chi connectivity index (χ1v) is 9.93. The first-order valence-electron chi connectivity index (χ1n) is 7.63. The monoisotopic (exact) mass is 433 g/mol. The summed E-state index contributed by atoms with van der Waals surface area (Å²) >= 11 is 11.1. The van der Waals surface area contributed by atoms with Crippen LogP contribution in [-0.4, -0.2) is 29.2 Å². The summed E-state index contributed by atoms with van der Waals surface area (Å²) in [5.41, 5.74) is 0.935. The van der Waals surface area contributed by atoms with Crippen molar-refractivity contribution >= 4 is 45.2 Å². The number of aryl methyl sites for hydroxylation is 1. The summed E-state index contributed by atoms with van der Waals surface area (Å²) in [6.45, 7) is 5.51. The quantitative estimate of drug-likeness (QED) is 0.674. The van der Waals surface area contributed by atoms with E-state index in [-0.39, 0.29) is 27.9 Å². The molecule has 0 saturated heterocycles. The molecule has 1 aromatic heterocycles. The summed E-state index contributed by atoms with van der Waals surface area (Å²) in [5.74, 6) is 0.453. The minimum Gasteiger partial charge on any atom is -0.443 e. The molecule has 0 radical (unpaired) electrons. The molecule has 0 fully saturated rings. The summed E-state index contributed by atoms with van der Waals surface area (Å²) in [6.07, 6.45) is 0. The molecule has 0 spiro atoms. The lowest BCUT2D eigenvalue weighted by Crippen LogP contribution is -2.34. The Balaban J connectivity index is 2.19. The van der Waals surface area contributed by atoms with E-state index in [9.17, 15) is 13.2 Å². The van der Waals surface area contributed by atoms with Crippen LogP contribution in [0.5, 0.6) is 5.75 Å². The van der Waals surface area contributed by atoms with Crippen molar-refractivity contribution in [2.75, 3.05) is 5.32 Å². The van der Waals surface area contributed by atoms with Crippen LogP contribution >= 0.6 is 23.2 Å². The van der Waals surface area contributed by atoms with Gasteiger partial charge in [0, 0.05) is 6.04 Å². The minimum atomic E-state index is -4.26. The van der Waals surface area contributed by atoms with Crippen LogP contribution in [0.2, 0.25) is 0 Å². The zero-order valence-corrected chi connectivity index (χ0v) is 16.9. The number of hydrogen-bond donors (Lipinski definition) is 2. The highest BCUT2D eigenvalue weighted by Crippen LogP contribution is 2.26. The Morgan fingerprint density at radius 3 is 2.59 bits per heavy atom. The molecule has 2 amide bonds. The third kappa shape index (κ3) is 5.34. The van der Waals surface area contributed by atoms with Gasteiger partial charge in [-0.15, -0.1) is 5.10 Å². The van der Waals surface area contributed by atoms with Crippen molar-refractivity contribution in [3.05, 3.63) is 40.8 Å². The van der Waals surface area contributed by atoms with Gasteiger partial charge in [-0.3, -0.25) is 5.32 Å². The second kappa shape index (κ2) is 8.59. The third-order valence-corrected chi connectivity index (χ3v) is 5.04. The van der Waals surface area contributed by atoms with Gasteiger partial charge in [0.1, 0.15) is 16.5 Å². The number of benzene rings is 1. The van der Waals surface area contributed by atoms with Gasteiger partial charge in [-0.25, -0.2) is 22.6 Å². The van der Waals surface area contributed by atoms with Gasteiger partial charge in [0.25, 0.3) is 10.0 Å². The largest absolute Gasteiger partial charge is 0.443 e. The molecule has 0 bridgehead atoms. The van der Waals surface area contributed by atoms with Crippen LogP contribution in [0, 0.1) is 6.92 Å². The normalized spacial score (nSPS) is 12.1. The van der Waals surface area contributed by atoms with E-state index in [1.807, 2.05) is 18.6 Å². The molecule has 1 aromatic carbocycles. The average Bonchev–Trinajstić information content (AvgIpc) is 2.94. The number of nitrogens with zero attached hydrogens (tertiary/aromatic N) is 3. The number of carbonyl (C=O) groups is 1. The van der Waals surface area contributed by atoms with E-state index < -0.39 is 16.1 Å². The number of sulfonamides is 1. The lowest BCUT2D eigenvalue weighted by molar-refractivity contribution is 0.256. The van der Waals surface area contributed by atoms with Gasteiger partial charge in [-0.1, -0.05) is 23.7 Å². The summed E-state index contributed by atoms with van der Waals surface area (Å²) in [6, 6.07) is 4.63. The van der Waals surface area contributed by atoms with Crippen LogP contribution in [0.4, 0.5) is 10.7 Å². The van der Waals surface area contributed by atoms with Crippen molar-refractivity contribution in [1.82, 2.24) is 19.5 Å². The lowest BCUT2D eigenvalue weighted by Gasteiger charge is -2.11. The van der Waals surface area contributed by atoms with Crippen LogP contribution < -0.4 is 14.8 Å². The number of urea groups is 1. The number of nitrogens with one attached hydrogen (secondary N) is 2. The molecule has 9 nitrogen and oxygen atoms in total. The van der Waals surface area contributed by atoms with E-state index in [2.05, 4.69) is 15.4 Å². The first-order chi connectivity index (χ1) is 12.6. The fourth-order valence-electron chi connectivity index (χ4n) is 2.13. The van der Waals surface area contributed by atoms with Crippen molar-refractivity contribution in [3.8, 4) is 5.75 Å². The Bertz CT molecular complexity index is 972. The third-order valence-electron chi connectivity index (χ3n) is 3.18. The maximum Gasteiger partial charge on any atom is 0.335 e. The molecule has 0 unspecified atom stereocenters. The molecule has 2 N–H and O–H groups in total. The zero-order chi connectivity index (χ0) is 20.2. The zero-order valence-electron chi connectivity index (χ0n) is 14.6. The second-order valence-electron chi connectivity index (χ2n) is 5.54. The van der Waals surface area contributed by atoms with E-state index in [0.717, 1.165) is 5.54 Å². The van der Waals surface area contributed by atoms with Gasteiger partial charge in [0.15, 0.2) is 0 Å². The van der Waals surface area contributed by atoms with E-state index in [0.29, 0.717) is 5.82 Å². The molecule has 2 rings (SSSR count). The first kappa shape index (κ1) is 21.0. The van der Waals surface area contributed by atoms with E-state index in [1.54, 1.807) is 11.6 Å². The number of carbonyl (C=O) groups excluding carboxylic acids is 1. The van der Waals surface area contributed by atoms with Crippen LogP contribution in [0.15, 0.2) is 39.9 Å². The average molecular weight is 434 g/mol. The molecule has 0 aliphatic rings. The van der Waals surface area contributed by atoms with Crippen molar-refractivity contribution in [2.45, 2.75) is 31.7 Å². The van der Waals surface area contributed by atoms with E-state index >= 15 is 0 Å². The number of aromatic nitrogens is 3. The molecule has 27 heavy (non-hydrogen) atoms. The predicted molar refractivity (Wildman–Crippen MR) is 101 cm³/mol. The Hall–Kier alpha value is -2.30. The molecule has 0 atom stereocenters. The number of amides is 2. The topological polar surface area (TPSA) is 115 Å². The SMILES string of the molecule is Cc1nc(NC(=O)NS(=O)(=O)c2ccccc2O/C(Cl)=C/Cl)nn1C(C)C. The molecule has 1 heterocycles. The van der Waals surface area contributed by atoms with Gasteiger partial charge in [-0.2, -0.15) is 4.98 Å². The van der Waals surface area contributed by atoms with Gasteiger partial charge >= 0.3 is 6.03 Å². The Labute approximate surface area is 166 Å². The second-order valence-corrected chi connectivity index (χ2v) is 7.78. The Kier molecular flexibility index (Phi) is 6.68. The fraction of sp³-hybridized carbons (Fsp3) is 0.267. The highest BCUT2D eigenvalue weighted by Gasteiger charge is 2.23. The van der Waals surface area contributed by atoms with Crippen LogP contribution in [0.25, 0.3) is 0 Å². The van der Waals surface area contributed by atoms with Crippen molar-refractivity contribution in [1.29, 1.82) is 0 Å². The van der Waals surface area contributed by atoms with E-state index in [1.165, 1.54) is 24.3 Å². The molecule has 0 aliphatic carbocycles. The highest BCUT2D eigenvalue weighted by molar-refractivity contribution is 7.90. The molecular formula is C15H17Cl2N5O4S. The van der Waals surface area contributed by atoms with E-state index in [4.69, 9.17) is 27.9 Å². The molecular weight excluding hydrogens is 417 g/mol. The Morgan fingerprint density at radius 1 is 1.33 bits per heavy atom. The van der Waals surface area contributed by atoms with Crippen LogP contribution in [0.3, 0.4) is 0 Å². The summed E-state index contributed by atoms with van der Waals surface area (Å²) in [4.78, 5) is 15.9. The number of hydrogen-bond acceptors (Lipinski definition) is 6. The van der Waals surface area contributed by atoms with Crippen LogP contribution in [-0.2, 0) is 10.0 Å². The van der Waals surface area contributed by atoms with Crippen LogP contribution in [0.1, 0.15) is 25.7 Å². The summed E-state index contributed by atoms with van der Waals surface area (Å²) in [7, 11) is -4.26. The summed E-state index contributed by atoms with van der Waals surface area (Å²) < 4.78 is 33.6. The number of rotatable bonds is 6. The highest BCUT2D eigenvalue weighted by atomic mass is 35.5. The van der Waals surface area contributed by atoms with Crippen molar-refractivity contribution in [2.24, 2.45) is 0 Å². The number of ether oxygens (including phenoxy) is 1. The van der Waals surface area contributed by atoms with Crippen molar-refractivity contribution < 1.29 is 17.9 Å². The molecule has 0 saturated carbocycles. The molecule has 12 heteroatoms. The number of anilines is 1. The minimum absolute atomic E-state index is 0.0217. The number of para-hydroxylation sites is 1. The number of halogens is 2. The molecule has 146 valence electrons. The predicted octanol–water partition coefficient (Wildman–Crippen LogP) is 3.33. The van der Waals surface area contributed by atoms with Gasteiger partial charge in [-0.05, 0) is 44.5 Å². The van der Waals surface area contributed by atoms with Gasteiger partial charge < -0.3 is 4.74 Å². The lowest BCUT2D eigenvalue weighted by atomic mass is 10.3. The van der Waals surface area contributed by atoms with Crippen molar-refractivity contribution in [3.63, 3.8) is 0 Å². The summed E-state index contributed by atoms with van der Waals surface area (Å²) in [5, 5.41) is 6.14. The standard InChI is InChI=1S/C15H17Cl2N5O4S/c1-9(2)22-10(3)18-14(20-22)19-15(23)21-27(24,25)12-7-5-4-6-11(12)26-13(17)8-16/h4-9H,1-3H3,(H2,19,20,21,23)/b13-8+. The van der Waals surface area contributed by atoms with Gasteiger partial charge in [0.2, 0.25) is 11.2 Å². The molecule has 0 aliphatic heterocycles. The maximum absolute atomic E-state index is 12.5. The van der Waals surface area contributed by atoms with Gasteiger partial charge in [0.05, 0.1) is 5.54 Å². The molecule has 2 aromatic rings.